The van der Waals surface area contributed by atoms with Crippen LogP contribution in [0.25, 0.3) is 0 Å². The highest BCUT2D eigenvalue weighted by Crippen LogP contribution is 1.99. The lowest BCUT2D eigenvalue weighted by atomic mass is 10.1. The number of carbonyl (C=O) groups excluding carboxylic acids is 2. The first-order valence-corrected chi connectivity index (χ1v) is 6.93. The van der Waals surface area contributed by atoms with Crippen LogP contribution in [0.4, 0.5) is 0 Å². The van der Waals surface area contributed by atoms with Gasteiger partial charge in [0.15, 0.2) is 0 Å². The summed E-state index contributed by atoms with van der Waals surface area (Å²) >= 11 is 0. The molecule has 1 N–H and O–H groups in total. The van der Waals surface area contributed by atoms with Gasteiger partial charge < -0.3 is 14.8 Å². The predicted octanol–water partition coefficient (Wildman–Crippen LogP) is 1.55. The highest BCUT2D eigenvalue weighted by molar-refractivity contribution is 5.80. The molecule has 0 aliphatic heterocycles. The fraction of sp³-hybridized carbons (Fsp3) is 0.857. The molecule has 0 fully saturated rings. The fourth-order valence-electron chi connectivity index (χ4n) is 1.30. The lowest BCUT2D eigenvalue weighted by Crippen LogP contribution is -2.27. The van der Waals surface area contributed by atoms with Gasteiger partial charge >= 0.3 is 5.97 Å². The SMILES string of the molecule is CC(C)NCCOCCC(=O)OCCC(=O)C(C)C. The fourth-order valence-corrected chi connectivity index (χ4v) is 1.30. The van der Waals surface area contributed by atoms with E-state index < -0.39 is 0 Å². The third-order valence-corrected chi connectivity index (χ3v) is 2.50. The smallest absolute Gasteiger partial charge is 0.308 e. The maximum atomic E-state index is 11.3. The Bertz CT molecular complexity index is 264. The zero-order valence-electron chi connectivity index (χ0n) is 12.5. The van der Waals surface area contributed by atoms with Gasteiger partial charge in [-0.2, -0.15) is 0 Å². The molecule has 0 unspecified atom stereocenters. The van der Waals surface area contributed by atoms with Crippen LogP contribution in [0.3, 0.4) is 0 Å². The van der Waals surface area contributed by atoms with Crippen LogP contribution >= 0.6 is 0 Å². The summed E-state index contributed by atoms with van der Waals surface area (Å²) < 4.78 is 10.2. The van der Waals surface area contributed by atoms with Crippen molar-refractivity contribution in [2.24, 2.45) is 5.92 Å². The Morgan fingerprint density at radius 1 is 1.00 bits per heavy atom. The van der Waals surface area contributed by atoms with Gasteiger partial charge in [-0.25, -0.2) is 0 Å². The second-order valence-electron chi connectivity index (χ2n) is 5.06. The number of ether oxygens (including phenoxy) is 2. The molecular formula is C14H27NO4. The van der Waals surface area contributed by atoms with E-state index in [-0.39, 0.29) is 30.7 Å². The van der Waals surface area contributed by atoms with E-state index in [1.807, 2.05) is 13.8 Å². The lowest BCUT2D eigenvalue weighted by Gasteiger charge is -2.09. The minimum atomic E-state index is -0.312. The van der Waals surface area contributed by atoms with Crippen LogP contribution in [0, 0.1) is 5.92 Å². The third-order valence-electron chi connectivity index (χ3n) is 2.50. The van der Waals surface area contributed by atoms with Gasteiger partial charge in [-0.3, -0.25) is 9.59 Å². The van der Waals surface area contributed by atoms with Crippen LogP contribution in [-0.2, 0) is 19.1 Å². The Morgan fingerprint density at radius 2 is 1.68 bits per heavy atom. The first-order valence-electron chi connectivity index (χ1n) is 6.93. The van der Waals surface area contributed by atoms with Gasteiger partial charge in [-0.1, -0.05) is 27.7 Å². The molecule has 0 saturated heterocycles. The highest BCUT2D eigenvalue weighted by Gasteiger charge is 2.09. The number of rotatable bonds is 11. The molecule has 0 aromatic heterocycles. The first-order chi connectivity index (χ1) is 8.93. The molecule has 5 nitrogen and oxygen atoms in total. The summed E-state index contributed by atoms with van der Waals surface area (Å²) in [4.78, 5) is 22.6. The Kier molecular flexibility index (Phi) is 10.4. The predicted molar refractivity (Wildman–Crippen MR) is 74.0 cm³/mol. The summed E-state index contributed by atoms with van der Waals surface area (Å²) in [6.45, 7) is 9.69. The number of ketones is 1. The zero-order valence-corrected chi connectivity index (χ0v) is 12.5. The van der Waals surface area contributed by atoms with Crippen molar-refractivity contribution < 1.29 is 19.1 Å². The molecule has 0 aliphatic rings. The number of nitrogens with one attached hydrogen (secondary N) is 1. The van der Waals surface area contributed by atoms with Crippen molar-refractivity contribution >= 4 is 11.8 Å². The first kappa shape index (κ1) is 18.1. The third kappa shape index (κ3) is 11.9. The number of hydrogen-bond acceptors (Lipinski definition) is 5. The Hall–Kier alpha value is -0.940. The molecule has 0 amide bonds. The number of Topliss-reactive ketones (excluding diaryl/α,β-unsaturated/α-hetero) is 1. The van der Waals surface area contributed by atoms with Gasteiger partial charge in [0, 0.05) is 24.9 Å². The molecule has 5 heteroatoms. The summed E-state index contributed by atoms with van der Waals surface area (Å²) in [6, 6.07) is 0.437. The Labute approximate surface area is 116 Å². The lowest BCUT2D eigenvalue weighted by molar-refractivity contribution is -0.145. The van der Waals surface area contributed by atoms with Gasteiger partial charge in [0.2, 0.25) is 0 Å². The van der Waals surface area contributed by atoms with E-state index in [0.29, 0.717) is 25.7 Å². The van der Waals surface area contributed by atoms with E-state index in [1.54, 1.807) is 0 Å². The van der Waals surface area contributed by atoms with E-state index in [2.05, 4.69) is 19.2 Å². The van der Waals surface area contributed by atoms with Gasteiger partial charge in [-0.15, -0.1) is 0 Å². The molecule has 112 valence electrons. The molecule has 0 bridgehead atoms. The van der Waals surface area contributed by atoms with Crippen LogP contribution in [0.1, 0.15) is 40.5 Å². The van der Waals surface area contributed by atoms with Crippen molar-refractivity contribution in [2.45, 2.75) is 46.6 Å². The maximum absolute atomic E-state index is 11.3. The Morgan fingerprint density at radius 3 is 2.26 bits per heavy atom. The molecule has 0 heterocycles. The van der Waals surface area contributed by atoms with Crippen LogP contribution in [0.5, 0.6) is 0 Å². The molecule has 0 saturated carbocycles. The normalized spacial score (nSPS) is 11.1. The standard InChI is InChI=1S/C14H27NO4/c1-11(2)13(16)5-9-19-14(17)6-8-18-10-7-15-12(3)4/h11-12,15H,5-10H2,1-4H3. The quantitative estimate of drug-likeness (QED) is 0.457. The van der Waals surface area contributed by atoms with Gasteiger partial charge in [-0.05, 0) is 0 Å². The van der Waals surface area contributed by atoms with Crippen molar-refractivity contribution in [1.29, 1.82) is 0 Å². The summed E-state index contributed by atoms with van der Waals surface area (Å²) in [7, 11) is 0. The summed E-state index contributed by atoms with van der Waals surface area (Å²) in [5.74, 6) is -0.201. The molecular weight excluding hydrogens is 246 g/mol. The van der Waals surface area contributed by atoms with Crippen molar-refractivity contribution in [3.8, 4) is 0 Å². The Balaban J connectivity index is 3.38. The van der Waals surface area contributed by atoms with Crippen molar-refractivity contribution in [2.75, 3.05) is 26.4 Å². The second-order valence-corrected chi connectivity index (χ2v) is 5.06. The average molecular weight is 273 g/mol. The molecule has 0 aromatic carbocycles. The number of carbonyl (C=O) groups is 2. The van der Waals surface area contributed by atoms with E-state index >= 15 is 0 Å². The van der Waals surface area contributed by atoms with Crippen LogP contribution in [0.2, 0.25) is 0 Å². The van der Waals surface area contributed by atoms with E-state index in [9.17, 15) is 9.59 Å². The van der Waals surface area contributed by atoms with Crippen LogP contribution < -0.4 is 5.32 Å². The molecule has 19 heavy (non-hydrogen) atoms. The minimum Gasteiger partial charge on any atom is -0.465 e. The van der Waals surface area contributed by atoms with Crippen molar-refractivity contribution in [3.05, 3.63) is 0 Å². The van der Waals surface area contributed by atoms with Gasteiger partial charge in [0.25, 0.3) is 0 Å². The monoisotopic (exact) mass is 273 g/mol. The largest absolute Gasteiger partial charge is 0.465 e. The average Bonchev–Trinajstić information content (AvgIpc) is 2.32. The zero-order chi connectivity index (χ0) is 14.7. The van der Waals surface area contributed by atoms with Gasteiger partial charge in [0.1, 0.15) is 5.78 Å². The summed E-state index contributed by atoms with van der Waals surface area (Å²) in [6.07, 6.45) is 0.528. The van der Waals surface area contributed by atoms with Gasteiger partial charge in [0.05, 0.1) is 26.2 Å². The highest BCUT2D eigenvalue weighted by atomic mass is 16.5. The summed E-state index contributed by atoms with van der Waals surface area (Å²) in [5, 5.41) is 3.21. The molecule has 0 radical (unpaired) electrons. The molecule has 0 spiro atoms. The number of hydrogen-bond donors (Lipinski definition) is 1. The van der Waals surface area contributed by atoms with Crippen LogP contribution in [0.15, 0.2) is 0 Å². The van der Waals surface area contributed by atoms with Crippen molar-refractivity contribution in [3.63, 3.8) is 0 Å². The van der Waals surface area contributed by atoms with E-state index in [4.69, 9.17) is 9.47 Å². The molecule has 0 atom stereocenters. The summed E-state index contributed by atoms with van der Waals surface area (Å²) in [5.41, 5.74) is 0. The maximum Gasteiger partial charge on any atom is 0.308 e. The van der Waals surface area contributed by atoms with E-state index in [0.717, 1.165) is 6.54 Å². The topological polar surface area (TPSA) is 64.6 Å². The number of esters is 1. The van der Waals surface area contributed by atoms with Crippen LogP contribution in [-0.4, -0.2) is 44.2 Å². The van der Waals surface area contributed by atoms with Crippen molar-refractivity contribution in [1.82, 2.24) is 5.32 Å². The second kappa shape index (κ2) is 10.9. The molecule has 0 aliphatic carbocycles. The molecule has 0 rings (SSSR count). The molecule has 0 aromatic rings. The van der Waals surface area contributed by atoms with E-state index in [1.165, 1.54) is 0 Å². The minimum absolute atomic E-state index is 0.00417.